The number of benzene rings is 1. The Kier molecular flexibility index (Phi) is 6.52. The predicted octanol–water partition coefficient (Wildman–Crippen LogP) is 2.77. The molecule has 0 atom stereocenters. The summed E-state index contributed by atoms with van der Waals surface area (Å²) in [4.78, 5) is 36.3. The van der Waals surface area contributed by atoms with Crippen LogP contribution in [0.3, 0.4) is 0 Å². The predicted molar refractivity (Wildman–Crippen MR) is 101 cm³/mol. The van der Waals surface area contributed by atoms with Crippen molar-refractivity contribution in [1.82, 2.24) is 4.90 Å². The Labute approximate surface area is 167 Å². The standard InChI is InChI=1S/C20H26FNO7/c1-19(2,3)29-18(28)22-6-4-20(11-23,5-7-22)10-12-8-13(16(24)25)14(17(26)27)9-15(12)21/h8-9,23H,4-7,10-11H2,1-3H3,(H,24,25)(H,26,27). The summed E-state index contributed by atoms with van der Waals surface area (Å²) in [5, 5.41) is 28.3. The van der Waals surface area contributed by atoms with E-state index in [2.05, 4.69) is 0 Å². The van der Waals surface area contributed by atoms with Crippen molar-refractivity contribution in [2.75, 3.05) is 19.7 Å². The van der Waals surface area contributed by atoms with Crippen LogP contribution in [-0.2, 0) is 11.2 Å². The van der Waals surface area contributed by atoms with E-state index in [1.807, 2.05) is 0 Å². The van der Waals surface area contributed by atoms with Crippen molar-refractivity contribution >= 4 is 18.0 Å². The topological polar surface area (TPSA) is 124 Å². The smallest absolute Gasteiger partial charge is 0.410 e. The minimum atomic E-state index is -1.53. The lowest BCUT2D eigenvalue weighted by Gasteiger charge is -2.41. The molecule has 1 amide bonds. The van der Waals surface area contributed by atoms with Gasteiger partial charge in [0, 0.05) is 25.1 Å². The number of aliphatic hydroxyl groups excluding tert-OH is 1. The summed E-state index contributed by atoms with van der Waals surface area (Å²) in [5.41, 5.74) is -2.50. The monoisotopic (exact) mass is 411 g/mol. The number of aliphatic hydroxyl groups is 1. The molecule has 1 fully saturated rings. The van der Waals surface area contributed by atoms with Crippen molar-refractivity contribution in [2.24, 2.45) is 5.41 Å². The first-order chi connectivity index (χ1) is 13.4. The Morgan fingerprint density at radius 1 is 1.10 bits per heavy atom. The number of halogens is 1. The molecule has 0 aromatic heterocycles. The van der Waals surface area contributed by atoms with Crippen LogP contribution in [0.2, 0.25) is 0 Å². The van der Waals surface area contributed by atoms with Gasteiger partial charge in [-0.15, -0.1) is 0 Å². The molecule has 1 aromatic carbocycles. The quantitative estimate of drug-likeness (QED) is 0.680. The van der Waals surface area contributed by atoms with E-state index in [0.717, 1.165) is 6.07 Å². The number of hydrogen-bond acceptors (Lipinski definition) is 5. The van der Waals surface area contributed by atoms with Gasteiger partial charge in [-0.1, -0.05) is 0 Å². The molecule has 1 heterocycles. The number of hydrogen-bond donors (Lipinski definition) is 3. The number of carbonyl (C=O) groups is 3. The molecule has 3 N–H and O–H groups in total. The second-order valence-corrected chi connectivity index (χ2v) is 8.40. The minimum absolute atomic E-state index is 0.0205. The van der Waals surface area contributed by atoms with E-state index in [0.29, 0.717) is 32.0 Å². The molecule has 0 unspecified atom stereocenters. The van der Waals surface area contributed by atoms with Crippen molar-refractivity contribution in [3.05, 3.63) is 34.6 Å². The molecular formula is C20H26FNO7. The zero-order valence-corrected chi connectivity index (χ0v) is 16.7. The number of carboxylic acids is 2. The molecule has 1 aliphatic rings. The Hall–Kier alpha value is -2.68. The van der Waals surface area contributed by atoms with Crippen LogP contribution in [0.25, 0.3) is 0 Å². The van der Waals surface area contributed by atoms with Crippen LogP contribution in [0.1, 0.15) is 59.9 Å². The first kappa shape index (κ1) is 22.6. The van der Waals surface area contributed by atoms with Crippen LogP contribution >= 0.6 is 0 Å². The SMILES string of the molecule is CC(C)(C)OC(=O)N1CCC(CO)(Cc2cc(C(=O)O)c(C(=O)O)cc2F)CC1. The fourth-order valence-corrected chi connectivity index (χ4v) is 3.39. The molecule has 0 bridgehead atoms. The Bertz CT molecular complexity index is 808. The van der Waals surface area contributed by atoms with E-state index in [4.69, 9.17) is 9.84 Å². The number of rotatable bonds is 5. The van der Waals surface area contributed by atoms with Gasteiger partial charge in [-0.3, -0.25) is 0 Å². The van der Waals surface area contributed by atoms with Gasteiger partial charge in [0.1, 0.15) is 11.4 Å². The summed E-state index contributed by atoms with van der Waals surface area (Å²) >= 11 is 0. The first-order valence-electron chi connectivity index (χ1n) is 9.25. The molecule has 2 rings (SSSR count). The lowest BCUT2D eigenvalue weighted by atomic mass is 9.74. The summed E-state index contributed by atoms with van der Waals surface area (Å²) in [6, 6.07) is 1.71. The number of carbonyl (C=O) groups excluding carboxylic acids is 1. The summed E-state index contributed by atoms with van der Waals surface area (Å²) in [6.07, 6.45) is 0.294. The van der Waals surface area contributed by atoms with Crippen molar-refractivity contribution in [3.8, 4) is 0 Å². The van der Waals surface area contributed by atoms with E-state index >= 15 is 0 Å². The van der Waals surface area contributed by atoms with Crippen molar-refractivity contribution in [1.29, 1.82) is 0 Å². The van der Waals surface area contributed by atoms with E-state index in [9.17, 15) is 29.0 Å². The average Bonchev–Trinajstić information content (AvgIpc) is 2.61. The fourth-order valence-electron chi connectivity index (χ4n) is 3.39. The number of ether oxygens (including phenoxy) is 1. The largest absolute Gasteiger partial charge is 0.478 e. The molecular weight excluding hydrogens is 385 g/mol. The summed E-state index contributed by atoms with van der Waals surface area (Å²) in [5.74, 6) is -3.84. The molecule has 1 aromatic rings. The van der Waals surface area contributed by atoms with Gasteiger partial charge >= 0.3 is 18.0 Å². The number of nitrogens with zero attached hydrogens (tertiary/aromatic N) is 1. The van der Waals surface area contributed by atoms with Gasteiger partial charge in [-0.05, 0) is 57.7 Å². The van der Waals surface area contributed by atoms with Gasteiger partial charge in [0.25, 0.3) is 0 Å². The molecule has 160 valence electrons. The molecule has 1 aliphatic heterocycles. The van der Waals surface area contributed by atoms with Crippen molar-refractivity contribution < 1.29 is 38.8 Å². The minimum Gasteiger partial charge on any atom is -0.478 e. The van der Waals surface area contributed by atoms with Crippen LogP contribution in [-0.4, -0.2) is 63.5 Å². The molecule has 9 heteroatoms. The van der Waals surface area contributed by atoms with Gasteiger partial charge in [0.15, 0.2) is 0 Å². The lowest BCUT2D eigenvalue weighted by Crippen LogP contribution is -2.47. The molecule has 8 nitrogen and oxygen atoms in total. The van der Waals surface area contributed by atoms with Gasteiger partial charge in [-0.2, -0.15) is 0 Å². The number of piperidine rings is 1. The molecule has 1 saturated heterocycles. The van der Waals surface area contributed by atoms with Crippen LogP contribution in [0.5, 0.6) is 0 Å². The number of carboxylic acid groups (broad SMARTS) is 2. The van der Waals surface area contributed by atoms with Crippen LogP contribution < -0.4 is 0 Å². The zero-order valence-electron chi connectivity index (χ0n) is 16.7. The highest BCUT2D eigenvalue weighted by Gasteiger charge is 2.38. The highest BCUT2D eigenvalue weighted by molar-refractivity contribution is 6.01. The normalized spacial score (nSPS) is 16.4. The summed E-state index contributed by atoms with van der Waals surface area (Å²) < 4.78 is 19.8. The van der Waals surface area contributed by atoms with Crippen molar-refractivity contribution in [2.45, 2.75) is 45.6 Å². The van der Waals surface area contributed by atoms with Crippen LogP contribution in [0.4, 0.5) is 9.18 Å². The highest BCUT2D eigenvalue weighted by atomic mass is 19.1. The maximum absolute atomic E-state index is 14.5. The molecule has 0 aliphatic carbocycles. The first-order valence-corrected chi connectivity index (χ1v) is 9.25. The highest BCUT2D eigenvalue weighted by Crippen LogP contribution is 2.36. The number of likely N-dealkylation sites (tertiary alicyclic amines) is 1. The van der Waals surface area contributed by atoms with E-state index in [1.54, 1.807) is 20.8 Å². The third-order valence-corrected chi connectivity index (χ3v) is 5.02. The fraction of sp³-hybridized carbons (Fsp3) is 0.550. The zero-order chi connectivity index (χ0) is 22.0. The lowest BCUT2D eigenvalue weighted by molar-refractivity contribution is -0.000405. The summed E-state index contributed by atoms with van der Waals surface area (Å²) in [6.45, 7) is 5.60. The Balaban J connectivity index is 2.20. The maximum Gasteiger partial charge on any atom is 0.410 e. The molecule has 0 radical (unpaired) electrons. The molecule has 0 saturated carbocycles. The van der Waals surface area contributed by atoms with E-state index < -0.39 is 46.0 Å². The van der Waals surface area contributed by atoms with Crippen LogP contribution in [0.15, 0.2) is 12.1 Å². The molecule has 0 spiro atoms. The van der Waals surface area contributed by atoms with Gasteiger partial charge in [0.05, 0.1) is 11.1 Å². The van der Waals surface area contributed by atoms with Gasteiger partial charge in [0.2, 0.25) is 0 Å². The second kappa shape index (κ2) is 8.36. The molecule has 29 heavy (non-hydrogen) atoms. The Morgan fingerprint density at radius 2 is 1.62 bits per heavy atom. The number of amides is 1. The average molecular weight is 411 g/mol. The van der Waals surface area contributed by atoms with Crippen molar-refractivity contribution in [3.63, 3.8) is 0 Å². The summed E-state index contributed by atoms with van der Waals surface area (Å²) in [7, 11) is 0. The van der Waals surface area contributed by atoms with Crippen LogP contribution in [0, 0.1) is 11.2 Å². The third-order valence-electron chi connectivity index (χ3n) is 5.02. The third kappa shape index (κ3) is 5.44. The number of aromatic carboxylic acids is 2. The second-order valence-electron chi connectivity index (χ2n) is 8.40. The van der Waals surface area contributed by atoms with E-state index in [-0.39, 0.29) is 18.6 Å². The van der Waals surface area contributed by atoms with Gasteiger partial charge in [-0.25, -0.2) is 18.8 Å². The van der Waals surface area contributed by atoms with E-state index in [1.165, 1.54) is 4.90 Å². The van der Waals surface area contributed by atoms with Gasteiger partial charge < -0.3 is 25.0 Å². The Morgan fingerprint density at radius 3 is 2.07 bits per heavy atom. The maximum atomic E-state index is 14.5.